The van der Waals surface area contributed by atoms with E-state index in [9.17, 15) is 8.42 Å². The Bertz CT molecular complexity index is 956. The molecule has 1 N–H and O–H groups in total. The molecule has 0 aromatic heterocycles. The predicted molar refractivity (Wildman–Crippen MR) is 124 cm³/mol. The van der Waals surface area contributed by atoms with Crippen LogP contribution in [0.2, 0.25) is 0 Å². The topological polar surface area (TPSA) is 58.6 Å². The summed E-state index contributed by atoms with van der Waals surface area (Å²) in [6, 6.07) is 13.8. The van der Waals surface area contributed by atoms with Gasteiger partial charge in [-0.05, 0) is 0 Å². The van der Waals surface area contributed by atoms with Crippen molar-refractivity contribution in [3.63, 3.8) is 0 Å². The predicted octanol–water partition coefficient (Wildman–Crippen LogP) is 4.04. The quantitative estimate of drug-likeness (QED) is 0.451. The van der Waals surface area contributed by atoms with Crippen molar-refractivity contribution in [2.75, 3.05) is 18.6 Å². The maximum absolute atomic E-state index is 13.6. The van der Waals surface area contributed by atoms with Gasteiger partial charge in [0, 0.05) is 0 Å². The molecule has 1 aliphatic heterocycles. The second kappa shape index (κ2) is 9.97. The van der Waals surface area contributed by atoms with E-state index in [0.29, 0.717) is 17.2 Å². The van der Waals surface area contributed by atoms with Crippen LogP contribution in [-0.2, 0) is 10.0 Å². The number of unbranched alkanes of at least 4 members (excludes halogenated alkanes) is 2. The van der Waals surface area contributed by atoms with Crippen molar-refractivity contribution in [2.24, 2.45) is 0 Å². The van der Waals surface area contributed by atoms with Gasteiger partial charge in [0.15, 0.2) is 0 Å². The van der Waals surface area contributed by atoms with E-state index < -0.39 is 15.6 Å². The fourth-order valence-corrected chi connectivity index (χ4v) is 6.88. The fraction of sp³-hybridized carbons (Fsp3) is 0.478. The number of sulfonamides is 1. The van der Waals surface area contributed by atoms with E-state index in [1.807, 2.05) is 24.3 Å². The Morgan fingerprint density at radius 3 is 2.30 bits per heavy atom. The van der Waals surface area contributed by atoms with Crippen molar-refractivity contribution in [3.05, 3.63) is 42.5 Å². The van der Waals surface area contributed by atoms with Gasteiger partial charge in [0.2, 0.25) is 0 Å². The van der Waals surface area contributed by atoms with Crippen LogP contribution in [0.4, 0.5) is 11.4 Å². The molecule has 30 heavy (non-hydrogen) atoms. The van der Waals surface area contributed by atoms with Crippen LogP contribution in [0.15, 0.2) is 47.4 Å². The summed E-state index contributed by atoms with van der Waals surface area (Å²) in [4.78, 5) is 2.49. The van der Waals surface area contributed by atoms with Gasteiger partial charge in [0.1, 0.15) is 0 Å². The Labute approximate surface area is 196 Å². The Hall–Kier alpha value is -1.17. The fourth-order valence-electron chi connectivity index (χ4n) is 4.14. The SMILES string of the molecule is CCCCC1(CCCC)CN(c2ccccc2)c2c[c]([Bi])c(OC)cc2S(=O)(=O)N1. The molecule has 2 aromatic rings. The van der Waals surface area contributed by atoms with Crippen molar-refractivity contribution >= 4 is 49.4 Å². The molecular formula is C23H31BiN2O3S. The zero-order valence-corrected chi connectivity index (χ0v) is 22.3. The normalized spacial score (nSPS) is 17.3. The van der Waals surface area contributed by atoms with Crippen LogP contribution in [0.5, 0.6) is 5.75 Å². The third kappa shape index (κ3) is 5.00. The van der Waals surface area contributed by atoms with Crippen molar-refractivity contribution < 1.29 is 13.2 Å². The molecule has 0 amide bonds. The summed E-state index contributed by atoms with van der Waals surface area (Å²) >= 11 is 1.01. The molecule has 7 heteroatoms. The van der Waals surface area contributed by atoms with E-state index in [0.717, 1.165) is 77.9 Å². The molecule has 0 aliphatic carbocycles. The number of rotatable bonds is 8. The molecule has 0 unspecified atom stereocenters. The summed E-state index contributed by atoms with van der Waals surface area (Å²) in [6.07, 6.45) is 5.68. The second-order valence-corrected chi connectivity index (χ2v) is 11.5. The number of para-hydroxylation sites is 1. The minimum absolute atomic E-state index is 0.299. The number of hydrogen-bond donors (Lipinski definition) is 1. The van der Waals surface area contributed by atoms with E-state index in [4.69, 9.17) is 4.74 Å². The summed E-state index contributed by atoms with van der Waals surface area (Å²) in [5.74, 6) is 0.634. The molecule has 2 aromatic carbocycles. The molecule has 0 spiro atoms. The average Bonchev–Trinajstić information content (AvgIpc) is 2.83. The van der Waals surface area contributed by atoms with Gasteiger partial charge >= 0.3 is 197 Å². The average molecular weight is 625 g/mol. The molecular weight excluding hydrogens is 593 g/mol. The van der Waals surface area contributed by atoms with Gasteiger partial charge in [0.25, 0.3) is 0 Å². The first-order valence-electron chi connectivity index (χ1n) is 10.6. The van der Waals surface area contributed by atoms with Gasteiger partial charge in [-0.2, -0.15) is 0 Å². The zero-order chi connectivity index (χ0) is 21.8. The van der Waals surface area contributed by atoms with Gasteiger partial charge < -0.3 is 0 Å². The monoisotopic (exact) mass is 624 g/mol. The number of nitrogens with zero attached hydrogens (tertiary/aromatic N) is 1. The van der Waals surface area contributed by atoms with Crippen LogP contribution in [-0.4, -0.2) is 52.3 Å². The van der Waals surface area contributed by atoms with Crippen molar-refractivity contribution in [1.29, 1.82) is 0 Å². The molecule has 2 radical (unpaired) electrons. The first-order valence-corrected chi connectivity index (χ1v) is 13.9. The third-order valence-corrected chi connectivity index (χ3v) is 8.70. The zero-order valence-electron chi connectivity index (χ0n) is 18.0. The number of nitrogens with one attached hydrogen (secondary N) is 1. The Kier molecular flexibility index (Phi) is 7.81. The molecule has 0 saturated carbocycles. The number of methoxy groups -OCH3 is 1. The summed E-state index contributed by atoms with van der Waals surface area (Å²) in [6.45, 7) is 4.92. The van der Waals surface area contributed by atoms with E-state index in [1.54, 1.807) is 13.2 Å². The van der Waals surface area contributed by atoms with Crippen LogP contribution in [0, 0.1) is 0 Å². The number of ether oxygens (including phenoxy) is 1. The third-order valence-electron chi connectivity index (χ3n) is 5.74. The van der Waals surface area contributed by atoms with Crippen LogP contribution < -0.4 is 17.6 Å². The Balaban J connectivity index is 2.23. The second-order valence-electron chi connectivity index (χ2n) is 8.01. The van der Waals surface area contributed by atoms with Crippen LogP contribution in [0.1, 0.15) is 52.4 Å². The van der Waals surface area contributed by atoms with Crippen LogP contribution in [0.25, 0.3) is 0 Å². The molecule has 5 nitrogen and oxygen atoms in total. The van der Waals surface area contributed by atoms with Gasteiger partial charge in [0.05, 0.1) is 0 Å². The maximum atomic E-state index is 13.6. The summed E-state index contributed by atoms with van der Waals surface area (Å²) in [5.41, 5.74) is 1.25. The number of benzene rings is 2. The van der Waals surface area contributed by atoms with E-state index in [2.05, 4.69) is 35.6 Å². The molecule has 0 saturated heterocycles. The first kappa shape index (κ1) is 23.5. The number of hydrogen-bond acceptors (Lipinski definition) is 4. The molecule has 162 valence electrons. The van der Waals surface area contributed by atoms with Crippen molar-refractivity contribution in [3.8, 4) is 5.75 Å². The van der Waals surface area contributed by atoms with Crippen molar-refractivity contribution in [2.45, 2.75) is 62.8 Å². The molecule has 1 heterocycles. The molecule has 0 fully saturated rings. The van der Waals surface area contributed by atoms with E-state index >= 15 is 0 Å². The minimum atomic E-state index is -3.70. The van der Waals surface area contributed by atoms with Gasteiger partial charge in [-0.25, -0.2) is 0 Å². The first-order chi connectivity index (χ1) is 14.4. The van der Waals surface area contributed by atoms with Gasteiger partial charge in [-0.3, -0.25) is 0 Å². The molecule has 0 bridgehead atoms. The van der Waals surface area contributed by atoms with Crippen LogP contribution >= 0.6 is 0 Å². The van der Waals surface area contributed by atoms with Gasteiger partial charge in [-0.1, -0.05) is 0 Å². The molecule has 3 rings (SSSR count). The van der Waals surface area contributed by atoms with Crippen molar-refractivity contribution in [1.82, 2.24) is 4.72 Å². The standard InChI is InChI=1S/C23H31N2O3S.Bi/c1-4-6-15-23(16-7-5-2)18-25(19-11-9-8-10-12-19)21-14-13-20(28-3)17-22(21)29(26,27)24-23;/h8-12,14,17,24H,4-7,15-16,18H2,1-3H3;. The van der Waals surface area contributed by atoms with E-state index in [-0.39, 0.29) is 0 Å². The van der Waals surface area contributed by atoms with Gasteiger partial charge in [-0.15, -0.1) is 0 Å². The number of anilines is 2. The van der Waals surface area contributed by atoms with E-state index in [1.165, 1.54) is 0 Å². The Morgan fingerprint density at radius 2 is 1.73 bits per heavy atom. The molecule has 0 atom stereocenters. The summed E-state index contributed by atoms with van der Waals surface area (Å²) < 4.78 is 36.9. The summed E-state index contributed by atoms with van der Waals surface area (Å²) in [5, 5.41) is 0. The summed E-state index contributed by atoms with van der Waals surface area (Å²) in [7, 11) is -2.10. The number of fused-ring (bicyclic) bond motifs is 1. The Morgan fingerprint density at radius 1 is 1.10 bits per heavy atom. The molecule has 1 aliphatic rings. The van der Waals surface area contributed by atoms with Crippen LogP contribution in [0.3, 0.4) is 0 Å².